The molecule has 0 bridgehead atoms. The highest BCUT2D eigenvalue weighted by Crippen LogP contribution is 2.27. The van der Waals surface area contributed by atoms with E-state index in [0.717, 1.165) is 11.1 Å². The summed E-state index contributed by atoms with van der Waals surface area (Å²) in [5.41, 5.74) is 2.31. The van der Waals surface area contributed by atoms with Gasteiger partial charge in [-0.25, -0.2) is 0 Å². The Labute approximate surface area is 227 Å². The van der Waals surface area contributed by atoms with Crippen LogP contribution in [0.2, 0.25) is 15.1 Å². The number of carbonyl (C=O) groups is 2. The summed E-state index contributed by atoms with van der Waals surface area (Å²) in [6, 6.07) is 19.0. The maximum atomic E-state index is 13.6. The molecule has 0 spiro atoms. The third-order valence-corrected chi connectivity index (χ3v) is 6.72. The van der Waals surface area contributed by atoms with Crippen molar-refractivity contribution in [3.8, 4) is 5.75 Å². The summed E-state index contributed by atoms with van der Waals surface area (Å²) >= 11 is 19.0. The summed E-state index contributed by atoms with van der Waals surface area (Å²) < 4.78 is 5.80. The molecule has 5 nitrogen and oxygen atoms in total. The van der Waals surface area contributed by atoms with Crippen molar-refractivity contribution < 1.29 is 14.3 Å². The molecule has 2 amide bonds. The van der Waals surface area contributed by atoms with Gasteiger partial charge >= 0.3 is 0 Å². The van der Waals surface area contributed by atoms with Crippen LogP contribution in [0.25, 0.3) is 0 Å². The molecule has 0 saturated carbocycles. The molecular weight excluding hydrogens is 519 g/mol. The number of amides is 2. The van der Waals surface area contributed by atoms with Crippen molar-refractivity contribution in [2.24, 2.45) is 0 Å². The number of aryl methyl sites for hydroxylation is 1. The Bertz CT molecular complexity index is 1180. The number of nitrogens with one attached hydrogen (secondary N) is 1. The summed E-state index contributed by atoms with van der Waals surface area (Å²) in [4.78, 5) is 28.5. The van der Waals surface area contributed by atoms with Crippen LogP contribution in [0.3, 0.4) is 0 Å². The van der Waals surface area contributed by atoms with E-state index in [2.05, 4.69) is 5.32 Å². The number of halogens is 3. The Morgan fingerprint density at radius 2 is 1.58 bits per heavy atom. The molecule has 0 aromatic heterocycles. The summed E-state index contributed by atoms with van der Waals surface area (Å²) in [5.74, 6) is -0.140. The van der Waals surface area contributed by atoms with E-state index in [1.807, 2.05) is 51.1 Å². The fourth-order valence-electron chi connectivity index (χ4n) is 3.72. The zero-order chi connectivity index (χ0) is 26.2. The lowest BCUT2D eigenvalue weighted by Gasteiger charge is -2.32. The molecule has 0 heterocycles. The summed E-state index contributed by atoms with van der Waals surface area (Å²) in [6.45, 7) is 5.38. The van der Waals surface area contributed by atoms with Gasteiger partial charge in [0.25, 0.3) is 5.91 Å². The van der Waals surface area contributed by atoms with Crippen LogP contribution in [0.5, 0.6) is 5.75 Å². The molecule has 0 unspecified atom stereocenters. The fraction of sp³-hybridized carbons (Fsp3) is 0.286. The van der Waals surface area contributed by atoms with Gasteiger partial charge in [-0.1, -0.05) is 71.2 Å². The van der Waals surface area contributed by atoms with Gasteiger partial charge < -0.3 is 15.0 Å². The topological polar surface area (TPSA) is 58.6 Å². The van der Waals surface area contributed by atoms with Crippen molar-refractivity contribution in [2.75, 3.05) is 6.61 Å². The van der Waals surface area contributed by atoms with Gasteiger partial charge in [0, 0.05) is 39.6 Å². The minimum atomic E-state index is -0.815. The molecule has 8 heteroatoms. The maximum absolute atomic E-state index is 13.6. The van der Waals surface area contributed by atoms with E-state index in [9.17, 15) is 9.59 Å². The third-order valence-electron chi connectivity index (χ3n) is 5.58. The Hall–Kier alpha value is -2.73. The van der Waals surface area contributed by atoms with Gasteiger partial charge in [-0.05, 0) is 62.2 Å². The summed E-state index contributed by atoms with van der Waals surface area (Å²) in [7, 11) is 0. The average Bonchev–Trinajstić information content (AvgIpc) is 2.83. The highest BCUT2D eigenvalue weighted by atomic mass is 35.5. The first-order valence-corrected chi connectivity index (χ1v) is 12.7. The molecule has 3 aromatic carbocycles. The molecule has 1 atom stereocenters. The predicted octanol–water partition coefficient (Wildman–Crippen LogP) is 6.50. The Morgan fingerprint density at radius 3 is 2.19 bits per heavy atom. The molecule has 0 radical (unpaired) electrons. The quantitative estimate of drug-likeness (QED) is 0.315. The minimum Gasteiger partial charge on any atom is -0.484 e. The number of rotatable bonds is 10. The molecule has 0 aliphatic heterocycles. The molecule has 1 N–H and O–H groups in total. The monoisotopic (exact) mass is 546 g/mol. The highest BCUT2D eigenvalue weighted by molar-refractivity contribution is 6.36. The Morgan fingerprint density at radius 1 is 0.917 bits per heavy atom. The van der Waals surface area contributed by atoms with Gasteiger partial charge in [0.05, 0.1) is 0 Å². The number of ether oxygens (including phenoxy) is 1. The van der Waals surface area contributed by atoms with Crippen LogP contribution in [0, 0.1) is 6.92 Å². The van der Waals surface area contributed by atoms with Crippen molar-refractivity contribution >= 4 is 46.6 Å². The molecule has 3 rings (SSSR count). The number of nitrogens with zero attached hydrogens (tertiary/aromatic N) is 1. The van der Waals surface area contributed by atoms with Gasteiger partial charge in [-0.2, -0.15) is 0 Å². The maximum Gasteiger partial charge on any atom is 0.261 e. The van der Waals surface area contributed by atoms with Crippen molar-refractivity contribution in [3.63, 3.8) is 0 Å². The number of hydrogen-bond acceptors (Lipinski definition) is 3. The smallest absolute Gasteiger partial charge is 0.261 e. The molecular formula is C28H29Cl3N2O3. The SMILES string of the molecule is Cc1cc(OCC(=O)N(Cc2c(Cl)cccc2Cl)[C@H](Cc2ccccc2)C(=O)NC(C)C)ccc1Cl. The van der Waals surface area contributed by atoms with Crippen molar-refractivity contribution in [3.05, 3.63) is 98.5 Å². The zero-order valence-corrected chi connectivity index (χ0v) is 22.7. The number of carbonyl (C=O) groups excluding carboxylic acids is 2. The largest absolute Gasteiger partial charge is 0.484 e. The van der Waals surface area contributed by atoms with Crippen LogP contribution in [-0.4, -0.2) is 35.4 Å². The van der Waals surface area contributed by atoms with Crippen molar-refractivity contribution in [1.82, 2.24) is 10.2 Å². The second-order valence-electron chi connectivity index (χ2n) is 8.79. The van der Waals surface area contributed by atoms with Crippen molar-refractivity contribution in [2.45, 2.75) is 45.8 Å². The Kier molecular flexibility index (Phi) is 10.1. The second-order valence-corrected chi connectivity index (χ2v) is 10.0. The van der Waals surface area contributed by atoms with E-state index < -0.39 is 6.04 Å². The number of hydrogen-bond donors (Lipinski definition) is 1. The first kappa shape index (κ1) is 27.9. The van der Waals surface area contributed by atoms with Gasteiger partial charge in [0.2, 0.25) is 5.91 Å². The standard InChI is InChI=1S/C28H29Cl3N2O3/c1-18(2)32-28(35)26(15-20-8-5-4-6-9-20)33(16-22-24(30)10-7-11-25(22)31)27(34)17-36-21-12-13-23(29)19(3)14-21/h4-14,18,26H,15-17H2,1-3H3,(H,32,35)/t26-/m1/s1. The van der Waals surface area contributed by atoms with E-state index in [0.29, 0.717) is 32.8 Å². The van der Waals surface area contributed by atoms with Crippen molar-refractivity contribution in [1.29, 1.82) is 0 Å². The van der Waals surface area contributed by atoms with Crippen LogP contribution >= 0.6 is 34.8 Å². The van der Waals surface area contributed by atoms with E-state index in [1.54, 1.807) is 36.4 Å². The lowest BCUT2D eigenvalue weighted by atomic mass is 10.0. The van der Waals surface area contributed by atoms with E-state index >= 15 is 0 Å². The molecule has 36 heavy (non-hydrogen) atoms. The van der Waals surface area contributed by atoms with E-state index in [-0.39, 0.29) is 31.0 Å². The normalized spacial score (nSPS) is 11.8. The summed E-state index contributed by atoms with van der Waals surface area (Å²) in [5, 5.41) is 4.38. The fourth-order valence-corrected chi connectivity index (χ4v) is 4.36. The van der Waals surface area contributed by atoms with E-state index in [4.69, 9.17) is 39.5 Å². The zero-order valence-electron chi connectivity index (χ0n) is 20.4. The molecule has 3 aromatic rings. The van der Waals surface area contributed by atoms with Crippen LogP contribution < -0.4 is 10.1 Å². The molecule has 0 aliphatic carbocycles. The van der Waals surface area contributed by atoms with E-state index in [1.165, 1.54) is 4.90 Å². The molecule has 0 aliphatic rings. The molecule has 190 valence electrons. The summed E-state index contributed by atoms with van der Waals surface area (Å²) in [6.07, 6.45) is 0.313. The van der Waals surface area contributed by atoms with Gasteiger partial charge in [-0.3, -0.25) is 9.59 Å². The second kappa shape index (κ2) is 13.0. The van der Waals surface area contributed by atoms with Crippen LogP contribution in [0.4, 0.5) is 0 Å². The van der Waals surface area contributed by atoms with Gasteiger partial charge in [0.15, 0.2) is 6.61 Å². The first-order valence-electron chi connectivity index (χ1n) is 11.6. The molecule has 0 saturated heterocycles. The van der Waals surface area contributed by atoms with Crippen LogP contribution in [0.15, 0.2) is 66.7 Å². The third kappa shape index (κ3) is 7.63. The highest BCUT2D eigenvalue weighted by Gasteiger charge is 2.32. The molecule has 0 fully saturated rings. The van der Waals surface area contributed by atoms with Crippen LogP contribution in [-0.2, 0) is 22.6 Å². The minimum absolute atomic E-state index is 0.0450. The Balaban J connectivity index is 1.96. The van der Waals surface area contributed by atoms with Gasteiger partial charge in [0.1, 0.15) is 11.8 Å². The predicted molar refractivity (Wildman–Crippen MR) is 146 cm³/mol. The number of benzene rings is 3. The lowest BCUT2D eigenvalue weighted by Crippen LogP contribution is -2.52. The van der Waals surface area contributed by atoms with Gasteiger partial charge in [-0.15, -0.1) is 0 Å². The average molecular weight is 548 g/mol. The van der Waals surface area contributed by atoms with Crippen LogP contribution in [0.1, 0.15) is 30.5 Å². The lowest BCUT2D eigenvalue weighted by molar-refractivity contribution is -0.143. The first-order chi connectivity index (χ1) is 17.2.